The second-order valence-corrected chi connectivity index (χ2v) is 2.60. The third-order valence-corrected chi connectivity index (χ3v) is 1.90. The van der Waals surface area contributed by atoms with Gasteiger partial charge in [0.25, 0.3) is 0 Å². The number of aryl methyl sites for hydroxylation is 1. The summed E-state index contributed by atoms with van der Waals surface area (Å²) in [6.45, 7) is 2.14. The molecule has 67 valence electrons. The fourth-order valence-corrected chi connectivity index (χ4v) is 1.32. The molecule has 0 aliphatic rings. The van der Waals surface area contributed by atoms with Gasteiger partial charge in [0.2, 0.25) is 0 Å². The minimum Gasteiger partial charge on any atom is -1.00 e. The van der Waals surface area contributed by atoms with Crippen molar-refractivity contribution in [1.29, 1.82) is 0 Å². The summed E-state index contributed by atoms with van der Waals surface area (Å²) in [5.74, 6) is 0. The monoisotopic (exact) mass is 247 g/mol. The van der Waals surface area contributed by atoms with E-state index in [1.807, 2.05) is 0 Å². The number of benzene rings is 1. The van der Waals surface area contributed by atoms with Crippen molar-refractivity contribution in [1.82, 2.24) is 0 Å². The number of halogens is 2. The van der Waals surface area contributed by atoms with E-state index in [1.54, 1.807) is 0 Å². The van der Waals surface area contributed by atoms with Crippen LogP contribution in [0.1, 0.15) is 5.56 Å². The molecule has 0 fully saturated rings. The minimum absolute atomic E-state index is 0. The van der Waals surface area contributed by atoms with E-state index in [0.717, 1.165) is 0 Å². The molecule has 0 nitrogen and oxygen atoms in total. The van der Waals surface area contributed by atoms with Gasteiger partial charge in [-0.15, -0.1) is 34.5 Å². The van der Waals surface area contributed by atoms with Crippen molar-refractivity contribution in [2.45, 2.75) is 6.92 Å². The van der Waals surface area contributed by atoms with E-state index in [-0.39, 0.29) is 46.5 Å². The molecule has 0 N–H and O–H groups in total. The van der Waals surface area contributed by atoms with Crippen LogP contribution in [0, 0.1) is 6.92 Å². The van der Waals surface area contributed by atoms with Gasteiger partial charge in [-0.05, 0) is 0 Å². The van der Waals surface area contributed by atoms with Crippen LogP contribution in [0.15, 0.2) is 36.4 Å². The van der Waals surface area contributed by atoms with Gasteiger partial charge in [0.15, 0.2) is 0 Å². The van der Waals surface area contributed by atoms with Gasteiger partial charge < -0.3 is 24.8 Å². The SMILES string of the molecule is Cc1cccc2cc[cH-]c12.[Cl-].[Cl-].[Ti+3]. The van der Waals surface area contributed by atoms with Crippen LogP contribution >= 0.6 is 0 Å². The van der Waals surface area contributed by atoms with Gasteiger partial charge in [-0.2, -0.15) is 12.1 Å². The average Bonchev–Trinajstić information content (AvgIpc) is 2.36. The van der Waals surface area contributed by atoms with Crippen molar-refractivity contribution in [3.8, 4) is 0 Å². The summed E-state index contributed by atoms with van der Waals surface area (Å²) >= 11 is 0. The normalized spacial score (nSPS) is 8.08. The van der Waals surface area contributed by atoms with E-state index < -0.39 is 0 Å². The predicted molar refractivity (Wildman–Crippen MR) is 44.3 cm³/mol. The van der Waals surface area contributed by atoms with Crippen LogP contribution in [0.25, 0.3) is 10.8 Å². The van der Waals surface area contributed by atoms with Gasteiger partial charge in [0.1, 0.15) is 0 Å². The first kappa shape index (κ1) is 15.6. The second kappa shape index (κ2) is 6.56. The maximum Gasteiger partial charge on any atom is 3.00 e. The fraction of sp³-hybridized carbons (Fsp3) is 0.100. The van der Waals surface area contributed by atoms with Crippen LogP contribution in [0.4, 0.5) is 0 Å². The van der Waals surface area contributed by atoms with Gasteiger partial charge in [-0.25, -0.2) is 0 Å². The van der Waals surface area contributed by atoms with E-state index >= 15 is 0 Å². The Hall–Kier alpha value is 0.124. The van der Waals surface area contributed by atoms with Crippen molar-refractivity contribution in [3.63, 3.8) is 0 Å². The average molecular weight is 248 g/mol. The maximum absolute atomic E-state index is 2.16. The standard InChI is InChI=1S/C10H9.2ClH.Ti/c1-8-4-2-5-9-6-3-7-10(8)9;;;/h2-7H,1H3;2*1H;/q-1;;;+3/p-2. The Labute approximate surface area is 106 Å². The van der Waals surface area contributed by atoms with Gasteiger partial charge in [0.05, 0.1) is 0 Å². The Bertz CT molecular complexity index is 354. The summed E-state index contributed by atoms with van der Waals surface area (Å²) in [5, 5.41) is 2.72. The fourth-order valence-electron chi connectivity index (χ4n) is 1.32. The molecule has 0 aromatic heterocycles. The van der Waals surface area contributed by atoms with E-state index in [0.29, 0.717) is 0 Å². The molecular weight excluding hydrogens is 239 g/mol. The molecule has 0 aliphatic carbocycles. The molecule has 0 saturated heterocycles. The molecule has 13 heavy (non-hydrogen) atoms. The van der Waals surface area contributed by atoms with Crippen molar-refractivity contribution in [3.05, 3.63) is 42.0 Å². The van der Waals surface area contributed by atoms with E-state index in [2.05, 4.69) is 43.3 Å². The Morgan fingerprint density at radius 2 is 1.77 bits per heavy atom. The topological polar surface area (TPSA) is 0 Å². The number of hydrogen-bond acceptors (Lipinski definition) is 0. The molecule has 0 saturated carbocycles. The first-order chi connectivity index (χ1) is 4.88. The van der Waals surface area contributed by atoms with Crippen LogP contribution in [-0.2, 0) is 21.7 Å². The zero-order chi connectivity index (χ0) is 6.97. The van der Waals surface area contributed by atoms with Crippen molar-refractivity contribution >= 4 is 10.8 Å². The van der Waals surface area contributed by atoms with E-state index in [4.69, 9.17) is 0 Å². The molecule has 2 aromatic carbocycles. The molecule has 2 rings (SSSR count). The zero-order valence-electron chi connectivity index (χ0n) is 7.22. The van der Waals surface area contributed by atoms with Gasteiger partial charge in [-0.1, -0.05) is 13.0 Å². The molecule has 0 amide bonds. The number of rotatable bonds is 0. The first-order valence-electron chi connectivity index (χ1n) is 3.49. The molecule has 1 radical (unpaired) electrons. The molecule has 0 atom stereocenters. The quantitative estimate of drug-likeness (QED) is 0.341. The van der Waals surface area contributed by atoms with Crippen molar-refractivity contribution < 1.29 is 46.5 Å². The summed E-state index contributed by atoms with van der Waals surface area (Å²) in [4.78, 5) is 0. The third-order valence-electron chi connectivity index (χ3n) is 1.90. The van der Waals surface area contributed by atoms with Crippen molar-refractivity contribution in [2.24, 2.45) is 0 Å². The minimum atomic E-state index is 0. The molecule has 0 aliphatic heterocycles. The van der Waals surface area contributed by atoms with Crippen LogP contribution < -0.4 is 24.8 Å². The van der Waals surface area contributed by atoms with Gasteiger partial charge in [-0.3, -0.25) is 0 Å². The molecule has 2 aromatic rings. The first-order valence-corrected chi connectivity index (χ1v) is 3.49. The van der Waals surface area contributed by atoms with E-state index in [9.17, 15) is 0 Å². The predicted octanol–water partition coefficient (Wildman–Crippen LogP) is -3.13. The maximum atomic E-state index is 2.16. The molecule has 0 bridgehead atoms. The second-order valence-electron chi connectivity index (χ2n) is 2.60. The summed E-state index contributed by atoms with van der Waals surface area (Å²) < 4.78 is 0. The molecule has 0 unspecified atom stereocenters. The molecule has 3 heteroatoms. The molecular formula is C10H9Cl2Ti. The van der Waals surface area contributed by atoms with Gasteiger partial charge in [0, 0.05) is 0 Å². The summed E-state index contributed by atoms with van der Waals surface area (Å²) in [6, 6.07) is 12.8. The van der Waals surface area contributed by atoms with Crippen LogP contribution in [0.3, 0.4) is 0 Å². The summed E-state index contributed by atoms with van der Waals surface area (Å²) in [7, 11) is 0. The smallest absolute Gasteiger partial charge is 1.00 e. The van der Waals surface area contributed by atoms with E-state index in [1.165, 1.54) is 16.3 Å². The third kappa shape index (κ3) is 3.07. The molecule has 0 spiro atoms. The zero-order valence-corrected chi connectivity index (χ0v) is 10.3. The Morgan fingerprint density at radius 3 is 2.38 bits per heavy atom. The van der Waals surface area contributed by atoms with Gasteiger partial charge >= 0.3 is 21.7 Å². The summed E-state index contributed by atoms with van der Waals surface area (Å²) in [5.41, 5.74) is 1.36. The Kier molecular flexibility index (Phi) is 7.87. The Balaban J connectivity index is 0. The number of hydrogen-bond donors (Lipinski definition) is 0. The largest absolute Gasteiger partial charge is 3.00 e. The number of fused-ring (bicyclic) bond motifs is 1. The van der Waals surface area contributed by atoms with Crippen LogP contribution in [0.2, 0.25) is 0 Å². The Morgan fingerprint density at radius 1 is 1.08 bits per heavy atom. The van der Waals surface area contributed by atoms with Crippen LogP contribution in [-0.4, -0.2) is 0 Å². The summed E-state index contributed by atoms with van der Waals surface area (Å²) in [6.07, 6.45) is 0. The van der Waals surface area contributed by atoms with Crippen molar-refractivity contribution in [2.75, 3.05) is 0 Å². The van der Waals surface area contributed by atoms with Crippen LogP contribution in [0.5, 0.6) is 0 Å². The molecule has 0 heterocycles.